The first-order valence-corrected chi connectivity index (χ1v) is 13.7. The minimum absolute atomic E-state index is 0.153. The van der Waals surface area contributed by atoms with Gasteiger partial charge in [-0.15, -0.1) is 0 Å². The van der Waals surface area contributed by atoms with Crippen LogP contribution in [0, 0.1) is 12.8 Å². The molecule has 0 unspecified atom stereocenters. The number of anilines is 2. The summed E-state index contributed by atoms with van der Waals surface area (Å²) in [6.45, 7) is 2.15. The van der Waals surface area contributed by atoms with E-state index in [9.17, 15) is 13.2 Å². The van der Waals surface area contributed by atoms with Crippen LogP contribution in [0.5, 0.6) is 0 Å². The highest BCUT2D eigenvalue weighted by Gasteiger charge is 2.23. The van der Waals surface area contributed by atoms with Crippen molar-refractivity contribution in [3.8, 4) is 0 Å². The quantitative estimate of drug-likeness (QED) is 0.405. The maximum atomic E-state index is 12.4. The second-order valence-corrected chi connectivity index (χ2v) is 11.4. The summed E-state index contributed by atoms with van der Waals surface area (Å²) in [4.78, 5) is 23.8. The summed E-state index contributed by atoms with van der Waals surface area (Å²) in [5.41, 5.74) is 1.88. The van der Waals surface area contributed by atoms with E-state index in [2.05, 4.69) is 15.4 Å². The van der Waals surface area contributed by atoms with Crippen LogP contribution in [0.4, 0.5) is 11.8 Å². The van der Waals surface area contributed by atoms with Crippen LogP contribution < -0.4 is 20.3 Å². The Bertz CT molecular complexity index is 1300. The largest absolute Gasteiger partial charge is 0.362 e. The third kappa shape index (κ3) is 6.50. The van der Waals surface area contributed by atoms with E-state index < -0.39 is 10.0 Å². The van der Waals surface area contributed by atoms with E-state index in [-0.39, 0.29) is 23.4 Å². The van der Waals surface area contributed by atoms with Gasteiger partial charge in [0.05, 0.1) is 17.0 Å². The van der Waals surface area contributed by atoms with Crippen LogP contribution in [0.25, 0.3) is 10.9 Å². The minimum atomic E-state index is -3.71. The molecule has 1 aliphatic rings. The number of nitrogens with zero attached hydrogens (tertiary/aromatic N) is 3. The number of sulfonamides is 1. The second-order valence-electron chi connectivity index (χ2n) is 9.59. The zero-order valence-corrected chi connectivity index (χ0v) is 21.8. The van der Waals surface area contributed by atoms with Crippen molar-refractivity contribution in [2.45, 2.75) is 43.5 Å². The van der Waals surface area contributed by atoms with Gasteiger partial charge in [-0.05, 0) is 62.8 Å². The van der Waals surface area contributed by atoms with Crippen molar-refractivity contribution >= 4 is 38.6 Å². The predicted molar refractivity (Wildman–Crippen MR) is 143 cm³/mol. The number of carbonyl (C=O) groups is 1. The van der Waals surface area contributed by atoms with E-state index in [4.69, 9.17) is 9.97 Å². The molecular formula is C26H34N6O3S. The van der Waals surface area contributed by atoms with Crippen molar-refractivity contribution < 1.29 is 13.2 Å². The van der Waals surface area contributed by atoms with Gasteiger partial charge in [0.2, 0.25) is 21.9 Å². The molecule has 0 spiro atoms. The Kier molecular flexibility index (Phi) is 8.05. The lowest BCUT2D eigenvalue weighted by Crippen LogP contribution is -2.40. The van der Waals surface area contributed by atoms with Gasteiger partial charge in [-0.2, -0.15) is 4.98 Å². The van der Waals surface area contributed by atoms with Crippen LogP contribution in [0.15, 0.2) is 53.4 Å². The second kappa shape index (κ2) is 11.2. The maximum absolute atomic E-state index is 12.4. The summed E-state index contributed by atoms with van der Waals surface area (Å²) in [6.07, 6.45) is 3.82. The molecule has 4 rings (SSSR count). The van der Waals surface area contributed by atoms with Crippen molar-refractivity contribution in [1.29, 1.82) is 0 Å². The van der Waals surface area contributed by atoms with E-state index in [0.717, 1.165) is 48.0 Å². The predicted octanol–water partition coefficient (Wildman–Crippen LogP) is 3.07. The number of rotatable bonds is 9. The third-order valence-electron chi connectivity index (χ3n) is 6.53. The Hall–Kier alpha value is -3.24. The van der Waals surface area contributed by atoms with E-state index in [0.29, 0.717) is 18.4 Å². The zero-order chi connectivity index (χ0) is 25.7. The van der Waals surface area contributed by atoms with E-state index in [1.807, 2.05) is 50.2 Å². The number of carbonyl (C=O) groups excluding carboxylic acids is 1. The van der Waals surface area contributed by atoms with Gasteiger partial charge in [0.25, 0.3) is 0 Å². The molecule has 0 aliphatic heterocycles. The number of aryl methyl sites for hydroxylation is 1. The summed E-state index contributed by atoms with van der Waals surface area (Å²) in [5, 5.41) is 7.39. The number of amides is 1. The van der Waals surface area contributed by atoms with Gasteiger partial charge in [-0.1, -0.05) is 29.8 Å². The van der Waals surface area contributed by atoms with Gasteiger partial charge in [0.15, 0.2) is 0 Å². The number of nitrogens with one attached hydrogen (secondary N) is 3. The van der Waals surface area contributed by atoms with Crippen LogP contribution in [0.3, 0.4) is 0 Å². The molecule has 1 saturated carbocycles. The number of para-hydroxylation sites is 1. The zero-order valence-electron chi connectivity index (χ0n) is 21.0. The van der Waals surface area contributed by atoms with Crippen molar-refractivity contribution in [2.24, 2.45) is 5.92 Å². The lowest BCUT2D eigenvalue weighted by Gasteiger charge is -2.29. The fourth-order valence-corrected chi connectivity index (χ4v) is 5.42. The molecule has 1 heterocycles. The van der Waals surface area contributed by atoms with Crippen molar-refractivity contribution in [3.63, 3.8) is 0 Å². The first-order chi connectivity index (χ1) is 17.2. The SMILES string of the molecule is Cc1ccc(S(=O)(=O)NCC(=O)NC[C@H]2CC[C@@H](Nc3nc(N(C)C)c4ccccc4n3)CC2)cc1. The van der Waals surface area contributed by atoms with Gasteiger partial charge in [0, 0.05) is 32.1 Å². The standard InChI is InChI=1S/C26H34N6O3S/c1-18-8-14-21(15-9-18)36(34,35)28-17-24(33)27-16-19-10-12-20(13-11-19)29-26-30-23-7-5-4-6-22(23)25(31-26)32(2)3/h4-9,14-15,19-20,28H,10-13,16-17H2,1-3H3,(H,27,33)(H,29,30,31)/t19-,20+. The molecule has 0 saturated heterocycles. The first kappa shape index (κ1) is 25.8. The lowest BCUT2D eigenvalue weighted by atomic mass is 9.86. The number of fused-ring (bicyclic) bond motifs is 1. The number of hydrogen-bond acceptors (Lipinski definition) is 7. The summed E-state index contributed by atoms with van der Waals surface area (Å²) in [7, 11) is 0.247. The molecule has 1 fully saturated rings. The van der Waals surface area contributed by atoms with Gasteiger partial charge in [-0.3, -0.25) is 4.79 Å². The minimum Gasteiger partial charge on any atom is -0.362 e. The molecule has 3 N–H and O–H groups in total. The Morgan fingerprint density at radius 1 is 1.00 bits per heavy atom. The smallest absolute Gasteiger partial charge is 0.241 e. The van der Waals surface area contributed by atoms with E-state index >= 15 is 0 Å². The topological polar surface area (TPSA) is 116 Å². The fourth-order valence-electron chi connectivity index (χ4n) is 4.44. The summed E-state index contributed by atoms with van der Waals surface area (Å²) in [5.74, 6) is 1.55. The lowest BCUT2D eigenvalue weighted by molar-refractivity contribution is -0.120. The normalized spacial score (nSPS) is 18.1. The molecule has 9 nitrogen and oxygen atoms in total. The average molecular weight is 511 g/mol. The molecule has 3 aromatic rings. The van der Waals surface area contributed by atoms with Gasteiger partial charge in [-0.25, -0.2) is 18.1 Å². The molecule has 1 aromatic heterocycles. The summed E-state index contributed by atoms with van der Waals surface area (Å²) in [6, 6.07) is 14.8. The molecule has 0 atom stereocenters. The summed E-state index contributed by atoms with van der Waals surface area (Å²) < 4.78 is 27.1. The van der Waals surface area contributed by atoms with E-state index in [1.165, 1.54) is 12.1 Å². The van der Waals surface area contributed by atoms with Crippen LogP contribution in [0.2, 0.25) is 0 Å². The Balaban J connectivity index is 1.23. The highest BCUT2D eigenvalue weighted by atomic mass is 32.2. The van der Waals surface area contributed by atoms with Crippen LogP contribution in [0.1, 0.15) is 31.2 Å². The molecule has 2 aromatic carbocycles. The number of benzene rings is 2. The molecule has 0 bridgehead atoms. The van der Waals surface area contributed by atoms with Gasteiger partial charge in [0.1, 0.15) is 5.82 Å². The maximum Gasteiger partial charge on any atom is 0.241 e. The average Bonchev–Trinajstić information content (AvgIpc) is 2.87. The monoisotopic (exact) mass is 510 g/mol. The highest BCUT2D eigenvalue weighted by molar-refractivity contribution is 7.89. The van der Waals surface area contributed by atoms with Crippen molar-refractivity contribution in [2.75, 3.05) is 37.4 Å². The molecule has 36 heavy (non-hydrogen) atoms. The van der Waals surface area contributed by atoms with Crippen LogP contribution in [-0.2, 0) is 14.8 Å². The van der Waals surface area contributed by atoms with Gasteiger partial charge >= 0.3 is 0 Å². The molecule has 1 aliphatic carbocycles. The Labute approximate surface area is 212 Å². The number of hydrogen-bond donors (Lipinski definition) is 3. The van der Waals surface area contributed by atoms with Crippen LogP contribution >= 0.6 is 0 Å². The molecule has 192 valence electrons. The van der Waals surface area contributed by atoms with Gasteiger partial charge < -0.3 is 15.5 Å². The summed E-state index contributed by atoms with van der Waals surface area (Å²) >= 11 is 0. The highest BCUT2D eigenvalue weighted by Crippen LogP contribution is 2.28. The Morgan fingerprint density at radius 2 is 1.69 bits per heavy atom. The van der Waals surface area contributed by atoms with Crippen molar-refractivity contribution in [1.82, 2.24) is 20.0 Å². The fraction of sp³-hybridized carbons (Fsp3) is 0.423. The van der Waals surface area contributed by atoms with E-state index in [1.54, 1.807) is 12.1 Å². The molecule has 0 radical (unpaired) electrons. The molecule has 1 amide bonds. The third-order valence-corrected chi connectivity index (χ3v) is 7.95. The molecular weight excluding hydrogens is 476 g/mol. The number of aromatic nitrogens is 2. The molecule has 10 heteroatoms. The Morgan fingerprint density at radius 3 is 2.39 bits per heavy atom. The van der Waals surface area contributed by atoms with Crippen molar-refractivity contribution in [3.05, 3.63) is 54.1 Å². The van der Waals surface area contributed by atoms with Crippen LogP contribution in [-0.4, -0.2) is 57.5 Å². The first-order valence-electron chi connectivity index (χ1n) is 12.2.